The summed E-state index contributed by atoms with van der Waals surface area (Å²) in [7, 11) is 0. The zero-order valence-electron chi connectivity index (χ0n) is 10.1. The smallest absolute Gasteiger partial charge is 0.226 e. The van der Waals surface area contributed by atoms with Crippen LogP contribution in [0.15, 0.2) is 24.3 Å². The number of rotatable bonds is 3. The van der Waals surface area contributed by atoms with Crippen molar-refractivity contribution in [1.82, 2.24) is 0 Å². The van der Waals surface area contributed by atoms with E-state index in [9.17, 15) is 4.79 Å². The van der Waals surface area contributed by atoms with Crippen molar-refractivity contribution >= 4 is 45.6 Å². The van der Waals surface area contributed by atoms with Gasteiger partial charge in [-0.3, -0.25) is 4.79 Å². The normalized spacial score (nSPS) is 10.1. The second kappa shape index (κ2) is 6.61. The lowest BCUT2D eigenvalue weighted by molar-refractivity contribution is -0.118. The summed E-state index contributed by atoms with van der Waals surface area (Å²) < 4.78 is 0.706. The summed E-state index contributed by atoms with van der Waals surface area (Å²) in [5.41, 5.74) is 1.66. The highest BCUT2D eigenvalue weighted by molar-refractivity contribution is 8.22. The molecule has 2 N–H and O–H groups in total. The molecule has 0 atom stereocenters. The van der Waals surface area contributed by atoms with Crippen LogP contribution >= 0.6 is 24.0 Å². The number of anilines is 2. The fourth-order valence-electron chi connectivity index (χ4n) is 1.13. The van der Waals surface area contributed by atoms with Crippen molar-refractivity contribution in [2.45, 2.75) is 13.8 Å². The lowest BCUT2D eigenvalue weighted by Crippen LogP contribution is -2.17. The van der Waals surface area contributed by atoms with E-state index in [1.165, 1.54) is 11.8 Å². The Labute approximate surface area is 111 Å². The van der Waals surface area contributed by atoms with Crippen LogP contribution in [0.5, 0.6) is 0 Å². The van der Waals surface area contributed by atoms with E-state index in [-0.39, 0.29) is 11.8 Å². The lowest BCUT2D eigenvalue weighted by Gasteiger charge is -2.10. The zero-order chi connectivity index (χ0) is 12.8. The Morgan fingerprint density at radius 1 is 1.29 bits per heavy atom. The highest BCUT2D eigenvalue weighted by Crippen LogP contribution is 2.17. The van der Waals surface area contributed by atoms with Crippen molar-refractivity contribution in [2.24, 2.45) is 5.92 Å². The van der Waals surface area contributed by atoms with Gasteiger partial charge in [0.1, 0.15) is 4.32 Å². The van der Waals surface area contributed by atoms with Crippen LogP contribution in [0.1, 0.15) is 13.8 Å². The van der Waals surface area contributed by atoms with E-state index in [0.717, 1.165) is 11.4 Å². The molecule has 1 aromatic carbocycles. The topological polar surface area (TPSA) is 41.1 Å². The first-order valence-electron chi connectivity index (χ1n) is 5.29. The monoisotopic (exact) mass is 268 g/mol. The van der Waals surface area contributed by atoms with E-state index in [2.05, 4.69) is 10.6 Å². The number of carbonyl (C=O) groups is 1. The van der Waals surface area contributed by atoms with E-state index in [1.54, 1.807) is 0 Å². The summed E-state index contributed by atoms with van der Waals surface area (Å²) in [6.07, 6.45) is 1.92. The van der Waals surface area contributed by atoms with Crippen molar-refractivity contribution in [3.05, 3.63) is 24.3 Å². The van der Waals surface area contributed by atoms with E-state index in [4.69, 9.17) is 12.2 Å². The number of hydrogen-bond donors (Lipinski definition) is 2. The number of benzene rings is 1. The van der Waals surface area contributed by atoms with Crippen molar-refractivity contribution < 1.29 is 4.79 Å². The maximum atomic E-state index is 11.5. The average Bonchev–Trinajstić information content (AvgIpc) is 2.29. The highest BCUT2D eigenvalue weighted by Gasteiger charge is 2.07. The zero-order valence-corrected chi connectivity index (χ0v) is 11.7. The maximum Gasteiger partial charge on any atom is 0.226 e. The predicted octanol–water partition coefficient (Wildman–Crippen LogP) is 3.34. The summed E-state index contributed by atoms with van der Waals surface area (Å²) in [4.78, 5) is 11.5. The van der Waals surface area contributed by atoms with Crippen molar-refractivity contribution in [3.8, 4) is 0 Å². The van der Waals surface area contributed by atoms with Crippen LogP contribution in [0.25, 0.3) is 0 Å². The van der Waals surface area contributed by atoms with E-state index in [0.29, 0.717) is 4.32 Å². The van der Waals surface area contributed by atoms with E-state index in [1.807, 2.05) is 44.4 Å². The molecule has 0 saturated carbocycles. The molecule has 3 nitrogen and oxygen atoms in total. The molecule has 0 aliphatic rings. The van der Waals surface area contributed by atoms with Crippen LogP contribution < -0.4 is 10.6 Å². The summed E-state index contributed by atoms with van der Waals surface area (Å²) in [6, 6.07) is 7.51. The predicted molar refractivity (Wildman–Crippen MR) is 79.6 cm³/mol. The molecule has 0 aromatic heterocycles. The first kappa shape index (κ1) is 14.0. The summed E-state index contributed by atoms with van der Waals surface area (Å²) in [6.45, 7) is 3.72. The number of thioether (sulfide) groups is 1. The Morgan fingerprint density at radius 3 is 2.41 bits per heavy atom. The summed E-state index contributed by atoms with van der Waals surface area (Å²) in [5.74, 6) is -0.0199. The third kappa shape index (κ3) is 4.75. The fraction of sp³-hybridized carbons (Fsp3) is 0.333. The van der Waals surface area contributed by atoms with Crippen molar-refractivity contribution in [3.63, 3.8) is 0 Å². The lowest BCUT2D eigenvalue weighted by atomic mass is 10.2. The molecule has 0 fully saturated rings. The summed E-state index contributed by atoms with van der Waals surface area (Å²) >= 11 is 6.55. The molecular weight excluding hydrogens is 252 g/mol. The minimum absolute atomic E-state index is 0.00888. The van der Waals surface area contributed by atoms with Gasteiger partial charge < -0.3 is 10.6 Å². The van der Waals surface area contributed by atoms with Gasteiger partial charge in [-0.25, -0.2) is 0 Å². The van der Waals surface area contributed by atoms with Gasteiger partial charge in [-0.2, -0.15) is 0 Å². The van der Waals surface area contributed by atoms with Crippen molar-refractivity contribution in [2.75, 3.05) is 16.9 Å². The molecule has 0 radical (unpaired) electrons. The third-order valence-corrected chi connectivity index (χ3v) is 3.16. The Balaban J connectivity index is 2.72. The van der Waals surface area contributed by atoms with Gasteiger partial charge in [-0.15, -0.1) is 11.8 Å². The maximum absolute atomic E-state index is 11.5. The molecule has 17 heavy (non-hydrogen) atoms. The molecule has 5 heteroatoms. The molecule has 0 heterocycles. The van der Waals surface area contributed by atoms with Crippen LogP contribution in [0.3, 0.4) is 0 Å². The SMILES string of the molecule is CSC(=S)Nc1cccc(NC(=O)C(C)C)c1. The molecule has 0 spiro atoms. The molecular formula is C12H16N2OS2. The van der Waals surface area contributed by atoms with Crippen LogP contribution in [0.4, 0.5) is 11.4 Å². The number of thiocarbonyl (C=S) groups is 1. The number of carbonyl (C=O) groups excluding carboxylic acids is 1. The molecule has 1 aromatic rings. The largest absolute Gasteiger partial charge is 0.341 e. The third-order valence-electron chi connectivity index (χ3n) is 2.09. The molecule has 0 aliphatic heterocycles. The average molecular weight is 268 g/mol. The Kier molecular flexibility index (Phi) is 5.44. The molecule has 1 amide bonds. The Morgan fingerprint density at radius 2 is 1.88 bits per heavy atom. The van der Waals surface area contributed by atoms with Gasteiger partial charge in [0.15, 0.2) is 0 Å². The van der Waals surface area contributed by atoms with Gasteiger partial charge in [0.05, 0.1) is 0 Å². The molecule has 92 valence electrons. The highest BCUT2D eigenvalue weighted by atomic mass is 32.2. The van der Waals surface area contributed by atoms with E-state index >= 15 is 0 Å². The van der Waals surface area contributed by atoms with Gasteiger partial charge in [-0.05, 0) is 24.5 Å². The van der Waals surface area contributed by atoms with E-state index < -0.39 is 0 Å². The quantitative estimate of drug-likeness (QED) is 0.825. The molecule has 0 saturated heterocycles. The second-order valence-corrected chi connectivity index (χ2v) is 5.32. The molecule has 0 bridgehead atoms. The minimum atomic E-state index is -0.0288. The Hall–Kier alpha value is -1.07. The standard InChI is InChI=1S/C12H16N2OS2/c1-8(2)11(15)13-9-5-4-6-10(7-9)14-12(16)17-3/h4-8H,1-3H3,(H,13,15)(H,14,16). The molecule has 0 unspecified atom stereocenters. The fourth-order valence-corrected chi connectivity index (χ4v) is 1.47. The first-order valence-corrected chi connectivity index (χ1v) is 6.92. The van der Waals surface area contributed by atoms with Gasteiger partial charge in [0, 0.05) is 17.3 Å². The van der Waals surface area contributed by atoms with Gasteiger partial charge in [0.25, 0.3) is 0 Å². The molecule has 1 rings (SSSR count). The number of amides is 1. The Bertz CT molecular complexity index is 419. The van der Waals surface area contributed by atoms with Gasteiger partial charge in [0.2, 0.25) is 5.91 Å². The van der Waals surface area contributed by atoms with Crippen LogP contribution in [-0.4, -0.2) is 16.5 Å². The minimum Gasteiger partial charge on any atom is -0.341 e. The number of nitrogens with one attached hydrogen (secondary N) is 2. The second-order valence-electron chi connectivity index (χ2n) is 3.84. The van der Waals surface area contributed by atoms with Crippen molar-refractivity contribution in [1.29, 1.82) is 0 Å². The van der Waals surface area contributed by atoms with Gasteiger partial charge >= 0.3 is 0 Å². The molecule has 0 aliphatic carbocycles. The first-order chi connectivity index (χ1) is 8.02. The van der Waals surface area contributed by atoms with Crippen LogP contribution in [0, 0.1) is 5.92 Å². The van der Waals surface area contributed by atoms with Crippen LogP contribution in [-0.2, 0) is 4.79 Å². The van der Waals surface area contributed by atoms with Crippen LogP contribution in [0.2, 0.25) is 0 Å². The summed E-state index contributed by atoms with van der Waals surface area (Å²) in [5, 5.41) is 5.92. The number of hydrogen-bond acceptors (Lipinski definition) is 3. The van der Waals surface area contributed by atoms with Gasteiger partial charge in [-0.1, -0.05) is 32.1 Å².